The lowest BCUT2D eigenvalue weighted by molar-refractivity contribution is 0.0699. The van der Waals surface area contributed by atoms with E-state index in [0.717, 1.165) is 32.1 Å². The molecule has 0 saturated carbocycles. The molecule has 0 atom stereocenters. The highest BCUT2D eigenvalue weighted by Gasteiger charge is 2.13. The number of benzene rings is 1. The van der Waals surface area contributed by atoms with Gasteiger partial charge in [0.2, 0.25) is 0 Å². The van der Waals surface area contributed by atoms with Gasteiger partial charge in [0.05, 0.1) is 0 Å². The van der Waals surface area contributed by atoms with E-state index in [1.54, 1.807) is 0 Å². The molecule has 2 nitrogen and oxygen atoms in total. The third-order valence-corrected chi connectivity index (χ3v) is 3.32. The molecule has 0 radical (unpaired) electrons. The maximum atomic E-state index is 5.37. The second-order valence-electron chi connectivity index (χ2n) is 4.45. The number of hydrogen-bond donors (Lipinski definition) is 1. The standard InChI is InChI=1S/C14H21NO/c1-2-13-5-3-4-6-14(13)15-11-12-7-9-16-10-8-12/h3-6,12,15H,2,7-11H2,1H3. The minimum Gasteiger partial charge on any atom is -0.385 e. The molecule has 88 valence electrons. The van der Waals surface area contributed by atoms with E-state index in [2.05, 4.69) is 36.5 Å². The Morgan fingerprint density at radius 2 is 2.00 bits per heavy atom. The molecule has 0 amide bonds. The van der Waals surface area contributed by atoms with E-state index >= 15 is 0 Å². The quantitative estimate of drug-likeness (QED) is 0.840. The topological polar surface area (TPSA) is 21.3 Å². The molecule has 0 bridgehead atoms. The molecule has 16 heavy (non-hydrogen) atoms. The molecule has 1 N–H and O–H groups in total. The molecule has 2 rings (SSSR count). The van der Waals surface area contributed by atoms with Crippen molar-refractivity contribution in [1.82, 2.24) is 0 Å². The summed E-state index contributed by atoms with van der Waals surface area (Å²) in [5.74, 6) is 0.777. The second kappa shape index (κ2) is 5.90. The van der Waals surface area contributed by atoms with Gasteiger partial charge in [-0.2, -0.15) is 0 Å². The van der Waals surface area contributed by atoms with Crippen molar-refractivity contribution in [3.8, 4) is 0 Å². The molecule has 2 heteroatoms. The van der Waals surface area contributed by atoms with Crippen molar-refractivity contribution in [2.45, 2.75) is 26.2 Å². The summed E-state index contributed by atoms with van der Waals surface area (Å²) in [5, 5.41) is 3.58. The van der Waals surface area contributed by atoms with Crippen LogP contribution in [0.1, 0.15) is 25.3 Å². The van der Waals surface area contributed by atoms with Crippen molar-refractivity contribution in [3.63, 3.8) is 0 Å². The molecule has 1 saturated heterocycles. The molecular weight excluding hydrogens is 198 g/mol. The zero-order valence-electron chi connectivity index (χ0n) is 10.0. The number of aryl methyl sites for hydroxylation is 1. The van der Waals surface area contributed by atoms with Crippen molar-refractivity contribution in [2.75, 3.05) is 25.1 Å². The van der Waals surface area contributed by atoms with Gasteiger partial charge < -0.3 is 10.1 Å². The van der Waals surface area contributed by atoms with Gasteiger partial charge in [0.25, 0.3) is 0 Å². The number of anilines is 1. The minimum absolute atomic E-state index is 0.777. The first-order valence-electron chi connectivity index (χ1n) is 6.29. The van der Waals surface area contributed by atoms with E-state index in [1.807, 2.05) is 0 Å². The fourth-order valence-corrected chi connectivity index (χ4v) is 2.21. The van der Waals surface area contributed by atoms with Crippen molar-refractivity contribution in [1.29, 1.82) is 0 Å². The Kier molecular flexibility index (Phi) is 4.23. The van der Waals surface area contributed by atoms with Gasteiger partial charge >= 0.3 is 0 Å². The van der Waals surface area contributed by atoms with Gasteiger partial charge in [-0.1, -0.05) is 25.1 Å². The molecule has 0 unspecified atom stereocenters. The lowest BCUT2D eigenvalue weighted by atomic mass is 10.00. The van der Waals surface area contributed by atoms with Gasteiger partial charge in [0.1, 0.15) is 0 Å². The molecular formula is C14H21NO. The van der Waals surface area contributed by atoms with Gasteiger partial charge in [0.15, 0.2) is 0 Å². The van der Waals surface area contributed by atoms with Gasteiger partial charge in [-0.15, -0.1) is 0 Å². The molecule has 1 aromatic rings. The summed E-state index contributed by atoms with van der Waals surface area (Å²) < 4.78 is 5.37. The Bertz CT molecular complexity index is 318. The van der Waals surface area contributed by atoms with E-state index in [9.17, 15) is 0 Å². The van der Waals surface area contributed by atoms with Crippen molar-refractivity contribution >= 4 is 5.69 Å². The Hall–Kier alpha value is -1.02. The fourth-order valence-electron chi connectivity index (χ4n) is 2.21. The van der Waals surface area contributed by atoms with Crippen molar-refractivity contribution in [3.05, 3.63) is 29.8 Å². The highest BCUT2D eigenvalue weighted by molar-refractivity contribution is 5.51. The summed E-state index contributed by atoms with van der Waals surface area (Å²) in [4.78, 5) is 0. The summed E-state index contributed by atoms with van der Waals surface area (Å²) >= 11 is 0. The normalized spacial score (nSPS) is 17.3. The number of nitrogens with one attached hydrogen (secondary N) is 1. The van der Waals surface area contributed by atoms with Crippen LogP contribution in [0.4, 0.5) is 5.69 Å². The first-order valence-corrected chi connectivity index (χ1v) is 6.29. The SMILES string of the molecule is CCc1ccccc1NCC1CCOCC1. The van der Waals surface area contributed by atoms with Crippen LogP contribution < -0.4 is 5.32 Å². The van der Waals surface area contributed by atoms with E-state index in [0.29, 0.717) is 0 Å². The van der Waals surface area contributed by atoms with Gasteiger partial charge in [-0.25, -0.2) is 0 Å². The zero-order valence-corrected chi connectivity index (χ0v) is 10.0. The third-order valence-electron chi connectivity index (χ3n) is 3.32. The summed E-state index contributed by atoms with van der Waals surface area (Å²) in [5.41, 5.74) is 2.71. The smallest absolute Gasteiger partial charge is 0.0469 e. The average Bonchev–Trinajstić information content (AvgIpc) is 2.38. The first-order chi connectivity index (χ1) is 7.90. The number of rotatable bonds is 4. The largest absolute Gasteiger partial charge is 0.385 e. The fraction of sp³-hybridized carbons (Fsp3) is 0.571. The van der Waals surface area contributed by atoms with E-state index in [1.165, 1.54) is 24.1 Å². The molecule has 1 aromatic carbocycles. The minimum atomic E-state index is 0.777. The van der Waals surface area contributed by atoms with Crippen LogP contribution in [0.15, 0.2) is 24.3 Å². The number of hydrogen-bond acceptors (Lipinski definition) is 2. The molecule has 1 fully saturated rings. The lowest BCUT2D eigenvalue weighted by Gasteiger charge is -2.23. The van der Waals surface area contributed by atoms with Crippen molar-refractivity contribution < 1.29 is 4.74 Å². The third kappa shape index (κ3) is 2.99. The molecule has 0 spiro atoms. The van der Waals surface area contributed by atoms with E-state index < -0.39 is 0 Å². The monoisotopic (exact) mass is 219 g/mol. The Labute approximate surface area is 98.0 Å². The van der Waals surface area contributed by atoms with E-state index in [-0.39, 0.29) is 0 Å². The van der Waals surface area contributed by atoms with Gasteiger partial charge in [-0.3, -0.25) is 0 Å². The van der Waals surface area contributed by atoms with Crippen LogP contribution >= 0.6 is 0 Å². The first kappa shape index (κ1) is 11.5. The zero-order chi connectivity index (χ0) is 11.2. The van der Waals surface area contributed by atoms with Gasteiger partial charge in [0, 0.05) is 25.4 Å². The molecule has 0 aliphatic carbocycles. The Morgan fingerprint density at radius 3 is 2.75 bits per heavy atom. The molecule has 1 heterocycles. The second-order valence-corrected chi connectivity index (χ2v) is 4.45. The summed E-state index contributed by atoms with van der Waals surface area (Å²) in [6.07, 6.45) is 3.49. The average molecular weight is 219 g/mol. The summed E-state index contributed by atoms with van der Waals surface area (Å²) in [6.45, 7) is 5.15. The van der Waals surface area contributed by atoms with E-state index in [4.69, 9.17) is 4.74 Å². The van der Waals surface area contributed by atoms with Crippen molar-refractivity contribution in [2.24, 2.45) is 5.92 Å². The molecule has 1 aliphatic rings. The highest BCUT2D eigenvalue weighted by Crippen LogP contribution is 2.19. The van der Waals surface area contributed by atoms with Crippen LogP contribution in [0.3, 0.4) is 0 Å². The Balaban J connectivity index is 1.88. The maximum Gasteiger partial charge on any atom is 0.0469 e. The maximum absolute atomic E-state index is 5.37. The van der Waals surface area contributed by atoms with Crippen LogP contribution in [0.2, 0.25) is 0 Å². The predicted octanol–water partition coefficient (Wildman–Crippen LogP) is 3.09. The highest BCUT2D eigenvalue weighted by atomic mass is 16.5. The van der Waals surface area contributed by atoms with Gasteiger partial charge in [-0.05, 0) is 36.8 Å². The molecule has 0 aromatic heterocycles. The number of ether oxygens (including phenoxy) is 1. The van der Waals surface area contributed by atoms with Crippen LogP contribution in [-0.2, 0) is 11.2 Å². The lowest BCUT2D eigenvalue weighted by Crippen LogP contribution is -2.22. The molecule has 1 aliphatic heterocycles. The van der Waals surface area contributed by atoms with Crippen LogP contribution in [0.5, 0.6) is 0 Å². The van der Waals surface area contributed by atoms with Crippen LogP contribution in [-0.4, -0.2) is 19.8 Å². The summed E-state index contributed by atoms with van der Waals surface area (Å²) in [7, 11) is 0. The number of para-hydroxylation sites is 1. The van der Waals surface area contributed by atoms with Crippen LogP contribution in [0.25, 0.3) is 0 Å². The predicted molar refractivity (Wildman–Crippen MR) is 67.9 cm³/mol. The summed E-state index contributed by atoms with van der Waals surface area (Å²) in [6, 6.07) is 8.59. The van der Waals surface area contributed by atoms with Crippen LogP contribution in [0, 0.1) is 5.92 Å². The Morgan fingerprint density at radius 1 is 1.25 bits per heavy atom.